The fourth-order valence-electron chi connectivity index (χ4n) is 5.69. The Balaban J connectivity index is 2.33. The second-order valence-electron chi connectivity index (χ2n) is 13.2. The van der Waals surface area contributed by atoms with E-state index in [2.05, 4.69) is 10.6 Å². The number of carbonyl (C=O) groups excluding carboxylic acids is 4. The molecular formula is C32H51N5O4. The maximum absolute atomic E-state index is 14.1. The minimum atomic E-state index is -0.814. The Hall–Kier alpha value is -3.20. The number of nitrogens with zero attached hydrogens (tertiary/aromatic N) is 2. The topological polar surface area (TPSA) is 125 Å². The lowest BCUT2D eigenvalue weighted by molar-refractivity contribution is -0.141. The van der Waals surface area contributed by atoms with Gasteiger partial charge in [0.05, 0.1) is 12.1 Å². The molecule has 1 aliphatic rings. The van der Waals surface area contributed by atoms with Crippen molar-refractivity contribution in [3.05, 3.63) is 47.5 Å². The zero-order valence-corrected chi connectivity index (χ0v) is 26.6. The quantitative estimate of drug-likeness (QED) is 0.354. The van der Waals surface area contributed by atoms with Crippen molar-refractivity contribution in [1.29, 1.82) is 0 Å². The van der Waals surface area contributed by atoms with Crippen molar-refractivity contribution in [2.75, 3.05) is 20.6 Å². The molecule has 0 saturated carbocycles. The summed E-state index contributed by atoms with van der Waals surface area (Å²) in [6.45, 7) is 15.9. The summed E-state index contributed by atoms with van der Waals surface area (Å²) in [7, 11) is 3.45. The first-order valence-electron chi connectivity index (χ1n) is 14.5. The Morgan fingerprint density at radius 2 is 1.63 bits per heavy atom. The van der Waals surface area contributed by atoms with Crippen LogP contribution < -0.4 is 16.4 Å². The summed E-state index contributed by atoms with van der Waals surface area (Å²) in [4.78, 5) is 56.0. The summed E-state index contributed by atoms with van der Waals surface area (Å²) in [5.74, 6) is -1.29. The Morgan fingerprint density at radius 1 is 1.05 bits per heavy atom. The van der Waals surface area contributed by atoms with E-state index in [-0.39, 0.29) is 23.6 Å². The molecule has 3 unspecified atom stereocenters. The fraction of sp³-hybridized carbons (Fsp3) is 0.625. The minimum Gasteiger partial charge on any atom is -0.368 e. The number of likely N-dealkylation sites (N-methyl/N-ethyl adjacent to an activating group) is 2. The van der Waals surface area contributed by atoms with E-state index in [0.29, 0.717) is 18.5 Å². The van der Waals surface area contributed by atoms with E-state index in [4.69, 9.17) is 5.73 Å². The number of amides is 4. The fourth-order valence-corrected chi connectivity index (χ4v) is 5.69. The highest BCUT2D eigenvalue weighted by Crippen LogP contribution is 2.29. The van der Waals surface area contributed by atoms with Crippen LogP contribution in [0.25, 0.3) is 0 Å². The third-order valence-corrected chi connectivity index (χ3v) is 8.27. The third-order valence-electron chi connectivity index (χ3n) is 8.27. The second kappa shape index (κ2) is 13.6. The molecule has 1 aliphatic heterocycles. The number of rotatable bonds is 11. The minimum absolute atomic E-state index is 0.0180. The van der Waals surface area contributed by atoms with Gasteiger partial charge in [0, 0.05) is 24.6 Å². The first-order valence-corrected chi connectivity index (χ1v) is 14.5. The average molecular weight is 570 g/mol. The molecule has 2 rings (SSSR count). The Bertz CT molecular complexity index is 1120. The van der Waals surface area contributed by atoms with Gasteiger partial charge in [-0.15, -0.1) is 0 Å². The molecule has 1 aromatic carbocycles. The standard InChI is InChI=1S/C32H51N5O4/c1-20(2)24(19-21(3)29(40)37-18-14-17-23(37)27(33)38)36(10)30(41)26(31(4,5)6)35-28(39)25(34-9)32(7,8)22-15-12-11-13-16-22/h11-13,15-16,19-20,23-26,34H,14,17-18H2,1-10H3,(H2,33,38)(H,35,39)/b21-19+/t23?,24-,25?,26?/m1/s1. The van der Waals surface area contributed by atoms with Gasteiger partial charge >= 0.3 is 0 Å². The van der Waals surface area contributed by atoms with Crippen molar-refractivity contribution >= 4 is 23.6 Å². The van der Waals surface area contributed by atoms with Gasteiger partial charge in [-0.2, -0.15) is 0 Å². The van der Waals surface area contributed by atoms with Gasteiger partial charge in [-0.3, -0.25) is 19.2 Å². The van der Waals surface area contributed by atoms with E-state index in [1.807, 2.05) is 78.8 Å². The van der Waals surface area contributed by atoms with Crippen molar-refractivity contribution < 1.29 is 19.2 Å². The van der Waals surface area contributed by atoms with Crippen molar-refractivity contribution in [3.63, 3.8) is 0 Å². The highest BCUT2D eigenvalue weighted by molar-refractivity contribution is 5.97. The van der Waals surface area contributed by atoms with E-state index >= 15 is 0 Å². The Labute approximate surface area is 246 Å². The number of hydrogen-bond donors (Lipinski definition) is 3. The Kier molecular flexibility index (Phi) is 11.3. The number of likely N-dealkylation sites (tertiary alicyclic amines) is 1. The summed E-state index contributed by atoms with van der Waals surface area (Å²) in [6, 6.07) is 7.40. The van der Waals surface area contributed by atoms with E-state index in [1.54, 1.807) is 32.0 Å². The van der Waals surface area contributed by atoms with E-state index in [1.165, 1.54) is 4.90 Å². The monoisotopic (exact) mass is 569 g/mol. The first kappa shape index (κ1) is 34.0. The van der Waals surface area contributed by atoms with Crippen LogP contribution in [0.1, 0.15) is 73.8 Å². The zero-order chi connectivity index (χ0) is 31.3. The Morgan fingerprint density at radius 3 is 2.12 bits per heavy atom. The summed E-state index contributed by atoms with van der Waals surface area (Å²) in [5, 5.41) is 6.22. The first-order chi connectivity index (χ1) is 18.9. The van der Waals surface area contributed by atoms with Crippen molar-refractivity contribution in [2.45, 2.75) is 97.8 Å². The van der Waals surface area contributed by atoms with Crippen LogP contribution in [-0.2, 0) is 24.6 Å². The van der Waals surface area contributed by atoms with Crippen molar-refractivity contribution in [3.8, 4) is 0 Å². The molecule has 9 heteroatoms. The van der Waals surface area contributed by atoms with Crippen LogP contribution in [0.2, 0.25) is 0 Å². The van der Waals surface area contributed by atoms with Gasteiger partial charge in [-0.25, -0.2) is 0 Å². The highest BCUT2D eigenvalue weighted by atomic mass is 16.2. The van der Waals surface area contributed by atoms with Crippen molar-refractivity contribution in [1.82, 2.24) is 20.4 Å². The maximum atomic E-state index is 14.1. The molecule has 4 N–H and O–H groups in total. The van der Waals surface area contributed by atoms with Gasteiger partial charge in [-0.05, 0) is 43.7 Å². The van der Waals surface area contributed by atoms with Crippen LogP contribution in [0, 0.1) is 11.3 Å². The molecular weight excluding hydrogens is 518 g/mol. The zero-order valence-electron chi connectivity index (χ0n) is 26.6. The van der Waals surface area contributed by atoms with E-state index in [9.17, 15) is 19.2 Å². The molecule has 41 heavy (non-hydrogen) atoms. The summed E-state index contributed by atoms with van der Waals surface area (Å²) < 4.78 is 0. The summed E-state index contributed by atoms with van der Waals surface area (Å²) in [6.07, 6.45) is 3.07. The molecule has 0 spiro atoms. The summed E-state index contributed by atoms with van der Waals surface area (Å²) >= 11 is 0. The maximum Gasteiger partial charge on any atom is 0.249 e. The van der Waals surface area contributed by atoms with Crippen LogP contribution in [0.3, 0.4) is 0 Å². The van der Waals surface area contributed by atoms with Crippen molar-refractivity contribution in [2.24, 2.45) is 17.1 Å². The molecule has 228 valence electrons. The van der Waals surface area contributed by atoms with Crippen LogP contribution >= 0.6 is 0 Å². The van der Waals surface area contributed by atoms with Gasteiger partial charge < -0.3 is 26.2 Å². The van der Waals surface area contributed by atoms with Crippen LogP contribution in [-0.4, -0.2) is 78.2 Å². The smallest absolute Gasteiger partial charge is 0.249 e. The molecule has 9 nitrogen and oxygen atoms in total. The average Bonchev–Trinajstić information content (AvgIpc) is 3.39. The van der Waals surface area contributed by atoms with Gasteiger partial charge in [-0.1, -0.05) is 84.9 Å². The number of carbonyl (C=O) groups is 4. The van der Waals surface area contributed by atoms with E-state index in [0.717, 1.165) is 12.0 Å². The molecule has 1 aromatic rings. The number of nitrogens with two attached hydrogens (primary N) is 1. The molecule has 0 aromatic heterocycles. The molecule has 0 radical (unpaired) electrons. The second-order valence-corrected chi connectivity index (χ2v) is 13.2. The number of benzene rings is 1. The molecule has 0 bridgehead atoms. The lowest BCUT2D eigenvalue weighted by Gasteiger charge is -2.40. The number of hydrogen-bond acceptors (Lipinski definition) is 5. The van der Waals surface area contributed by atoms with Crippen LogP contribution in [0.4, 0.5) is 0 Å². The SMILES string of the molecule is CNC(C(=O)NC(C(=O)N(C)[C@H](/C=C(\C)C(=O)N1CCCC1C(N)=O)C(C)C)C(C)(C)C)C(C)(C)c1ccccc1. The lowest BCUT2D eigenvalue weighted by Crippen LogP contribution is -2.61. The number of nitrogens with one attached hydrogen (secondary N) is 2. The predicted molar refractivity (Wildman–Crippen MR) is 163 cm³/mol. The van der Waals surface area contributed by atoms with E-state index < -0.39 is 40.9 Å². The molecule has 1 fully saturated rings. The molecule has 4 atom stereocenters. The molecule has 1 heterocycles. The normalized spacial score (nSPS) is 18.6. The van der Waals surface area contributed by atoms with Crippen LogP contribution in [0.15, 0.2) is 42.0 Å². The van der Waals surface area contributed by atoms with Crippen LogP contribution in [0.5, 0.6) is 0 Å². The third kappa shape index (κ3) is 7.97. The largest absolute Gasteiger partial charge is 0.368 e. The molecule has 1 saturated heterocycles. The molecule has 0 aliphatic carbocycles. The molecule has 4 amide bonds. The van der Waals surface area contributed by atoms with Gasteiger partial charge in [0.1, 0.15) is 12.1 Å². The van der Waals surface area contributed by atoms with Gasteiger partial charge in [0.2, 0.25) is 23.6 Å². The predicted octanol–water partition coefficient (Wildman–Crippen LogP) is 2.99. The summed E-state index contributed by atoms with van der Waals surface area (Å²) in [5.41, 5.74) is 5.85. The number of primary amides is 1. The highest BCUT2D eigenvalue weighted by Gasteiger charge is 2.42. The lowest BCUT2D eigenvalue weighted by atomic mass is 9.76. The van der Waals surface area contributed by atoms with Gasteiger partial charge in [0.15, 0.2) is 0 Å². The van der Waals surface area contributed by atoms with Gasteiger partial charge in [0.25, 0.3) is 0 Å².